The molecule has 24 nitrogen and oxygen atoms in total. The number of aromatic nitrogens is 6. The highest BCUT2D eigenvalue weighted by molar-refractivity contribution is 14.1. The van der Waals surface area contributed by atoms with Crippen LogP contribution in [0.25, 0.3) is 0 Å². The summed E-state index contributed by atoms with van der Waals surface area (Å²) >= 11 is 2.15. The van der Waals surface area contributed by atoms with Crippen LogP contribution in [0.1, 0.15) is 149 Å². The normalized spacial score (nSPS) is 9.29. The van der Waals surface area contributed by atoms with Gasteiger partial charge in [-0.05, 0) is 160 Å². The molecule has 1 aliphatic heterocycles. The average Bonchev–Trinajstić information content (AvgIpc) is 3.70. The van der Waals surface area contributed by atoms with E-state index in [9.17, 15) is 38.4 Å². The minimum Gasteiger partial charge on any atom is -0.388 e. The molecule has 0 aliphatic carbocycles. The number of halogens is 1. The van der Waals surface area contributed by atoms with E-state index in [1.165, 1.54) is 11.0 Å². The van der Waals surface area contributed by atoms with Crippen LogP contribution in [-0.4, -0.2) is 138 Å². The molecule has 0 bridgehead atoms. The molecular formula is C63H103IN15O9P3. The SMILES string of the molecule is C.C#C.C#CC.C#CC#CC.C#CC#CC#C.CC#CC.CCC(=N)N.CCC1=NC(=O)N(CC)C(=O)C1.CCN=C=O.CCNC(=O)N=C(CC)NC(=O)NCC.CCc1nc(=O)n(CC)c(=O)n1PC.CCc1nc(=O)n(CC)c(=O)n1PC.CI.CPC. The molecule has 28 heteroatoms. The standard InChI is InChI=1S/C9H18N4O2.2C8H14N3O2P.C8H12N2O2.C6H2.C5H4.C4H6.C3H8N2.C3H5NO.C3H4.C2H7P.C2H2.CH3I.CH4/c1-4-7(12-8(14)10-5-2)13-9(15)11-6-3;2*1-4-6-9-7(12)10(5-2)8(13)11(6)14-3;1-3-6-5-7(11)10(4-2)8(12)9-6;1-3-5-6-4-2;1-3-5-4-2;1-3-4-2;1-2-3(4)5;1-2-4-3-5;2*1-3-2;2*1-2;/h4-6H2,1-3H3,(H3,10,11,12,13,14,15);2*14H,4-5H2,1-3H3;3-5H2,1-2H3;1-2H;1H,2H3;1-2H3;2H2,1H3,(H3,4,5);2H2,1H3;1H,2H3;3H,1-2H3;1-2H;1H3;1H4. The molecule has 2 atom stereocenters. The minimum absolute atomic E-state index is 0. The largest absolute Gasteiger partial charge is 0.388 e. The lowest BCUT2D eigenvalue weighted by Gasteiger charge is -2.21. The highest BCUT2D eigenvalue weighted by atomic mass is 127. The van der Waals surface area contributed by atoms with Crippen molar-refractivity contribution in [1.82, 2.24) is 48.6 Å². The molecule has 0 saturated carbocycles. The molecule has 7 amide bonds. The van der Waals surface area contributed by atoms with Gasteiger partial charge in [0.15, 0.2) is 0 Å². The van der Waals surface area contributed by atoms with Crippen molar-refractivity contribution >= 4 is 96.1 Å². The summed E-state index contributed by atoms with van der Waals surface area (Å²) in [6.45, 7) is 37.9. The molecule has 6 N–H and O–H groups in total. The summed E-state index contributed by atoms with van der Waals surface area (Å²) in [5.41, 5.74) is 4.19. The maximum Gasteiger partial charge on any atom is 0.353 e. The smallest absolute Gasteiger partial charge is 0.353 e. The van der Waals surface area contributed by atoms with Crippen molar-refractivity contribution in [1.29, 1.82) is 5.41 Å². The fourth-order valence-electron chi connectivity index (χ4n) is 4.71. The van der Waals surface area contributed by atoms with Gasteiger partial charge in [-0.2, -0.15) is 15.0 Å². The Hall–Kier alpha value is -8.21. The first-order valence-electron chi connectivity index (χ1n) is 27.7. The number of amides is 7. The van der Waals surface area contributed by atoms with Gasteiger partial charge in [-0.25, -0.2) is 57.5 Å². The van der Waals surface area contributed by atoms with Crippen LogP contribution in [0.5, 0.6) is 0 Å². The molecular weight excluding hydrogens is 1330 g/mol. The summed E-state index contributed by atoms with van der Waals surface area (Å²) in [7, 11) is 1.71. The molecule has 0 fully saturated rings. The van der Waals surface area contributed by atoms with E-state index in [0.717, 1.165) is 17.7 Å². The number of rotatable bonds is 13. The molecule has 0 aromatic carbocycles. The summed E-state index contributed by atoms with van der Waals surface area (Å²) in [6, 6.07) is -1.20. The van der Waals surface area contributed by atoms with Gasteiger partial charge < -0.3 is 16.4 Å². The van der Waals surface area contributed by atoms with E-state index in [0.29, 0.717) is 118 Å². The maximum absolute atomic E-state index is 11.7. The van der Waals surface area contributed by atoms with Gasteiger partial charge in [0.25, 0.3) is 0 Å². The predicted molar refractivity (Wildman–Crippen MR) is 398 cm³/mol. The van der Waals surface area contributed by atoms with Crippen molar-refractivity contribution < 1.29 is 24.0 Å². The van der Waals surface area contributed by atoms with E-state index in [-0.39, 0.29) is 36.6 Å². The summed E-state index contributed by atoms with van der Waals surface area (Å²) in [5, 5.41) is 14.1. The topological polar surface area (TPSA) is 325 Å². The summed E-state index contributed by atoms with van der Waals surface area (Å²) in [5.74, 6) is 24.9. The Morgan fingerprint density at radius 3 is 1.25 bits per heavy atom. The van der Waals surface area contributed by atoms with Crippen LogP contribution in [0.2, 0.25) is 0 Å². The first-order chi connectivity index (χ1) is 42.9. The first-order valence-corrected chi connectivity index (χ1v) is 34.7. The molecule has 3 rings (SSSR count). The molecule has 2 aromatic rings. The van der Waals surface area contributed by atoms with Gasteiger partial charge in [-0.3, -0.25) is 29.1 Å². The second-order valence-corrected chi connectivity index (χ2v) is 17.4. The van der Waals surface area contributed by atoms with Crippen LogP contribution in [0, 0.1) is 103 Å². The Morgan fingerprint density at radius 2 is 1.04 bits per heavy atom. The van der Waals surface area contributed by atoms with E-state index in [1.807, 2.05) is 73.7 Å². The number of carbonyl (C=O) groups excluding carboxylic acids is 5. The number of terminal acetylenes is 5. The summed E-state index contributed by atoms with van der Waals surface area (Å²) in [6.07, 6.45) is 31.4. The van der Waals surface area contributed by atoms with Gasteiger partial charge in [0.05, 0.1) is 12.3 Å². The lowest BCUT2D eigenvalue weighted by Crippen LogP contribution is -2.40. The summed E-state index contributed by atoms with van der Waals surface area (Å²) in [4.78, 5) is 121. The molecule has 2 unspecified atom stereocenters. The van der Waals surface area contributed by atoms with Crippen molar-refractivity contribution in [2.24, 2.45) is 20.7 Å². The third kappa shape index (κ3) is 64.6. The van der Waals surface area contributed by atoms with E-state index >= 15 is 0 Å². The van der Waals surface area contributed by atoms with Crippen molar-refractivity contribution in [3.8, 4) is 97.7 Å². The molecule has 0 saturated heterocycles. The number of hydrogen-bond acceptors (Lipinski definition) is 13. The number of alkyl halides is 1. The van der Waals surface area contributed by atoms with E-state index in [4.69, 9.17) is 35.2 Å². The number of carbonyl (C=O) groups is 4. The second-order valence-electron chi connectivity index (χ2n) is 14.7. The first kappa shape index (κ1) is 107. The number of aryl methyl sites for hydroxylation is 2. The number of hydrogen-bond donors (Lipinski definition) is 5. The highest BCUT2D eigenvalue weighted by Gasteiger charge is 2.25. The number of amidine groups is 2. The van der Waals surface area contributed by atoms with Crippen LogP contribution >= 0.6 is 48.6 Å². The highest BCUT2D eigenvalue weighted by Crippen LogP contribution is 2.09. The van der Waals surface area contributed by atoms with Crippen LogP contribution in [0.4, 0.5) is 14.4 Å². The number of aliphatic imine (C=N–C) groups is 3. The van der Waals surface area contributed by atoms with Crippen molar-refractivity contribution in [2.45, 2.75) is 163 Å². The van der Waals surface area contributed by atoms with Crippen LogP contribution < -0.4 is 44.4 Å². The molecule has 506 valence electrons. The fraction of sp³-hybridized carbons (Fsp3) is 0.524. The zero-order chi connectivity index (χ0) is 72.4. The van der Waals surface area contributed by atoms with E-state index in [1.54, 1.807) is 57.1 Å². The fourth-order valence-corrected chi connectivity index (χ4v) is 6.27. The molecule has 2 aromatic heterocycles. The molecule has 0 radical (unpaired) electrons. The minimum atomic E-state index is -0.441. The quantitative estimate of drug-likeness (QED) is 0.0241. The predicted octanol–water partition coefficient (Wildman–Crippen LogP) is 8.27. The Morgan fingerprint density at radius 1 is 0.659 bits per heavy atom. The Balaban J connectivity index is -0.0000000889. The second kappa shape index (κ2) is 83.9. The van der Waals surface area contributed by atoms with Gasteiger partial charge in [0.2, 0.25) is 12.0 Å². The lowest BCUT2D eigenvalue weighted by atomic mass is 10.1. The molecule has 0 spiro atoms. The number of isocyanates is 1. The van der Waals surface area contributed by atoms with Gasteiger partial charge in [-0.15, -0.1) is 64.9 Å². The van der Waals surface area contributed by atoms with Crippen molar-refractivity contribution in [3.63, 3.8) is 0 Å². The van der Waals surface area contributed by atoms with Crippen molar-refractivity contribution in [3.05, 3.63) is 53.6 Å². The monoisotopic (exact) mass is 1430 g/mol. The van der Waals surface area contributed by atoms with Gasteiger partial charge in [-0.1, -0.05) is 70.6 Å². The number of nitrogens with zero attached hydrogens (tertiary/aromatic N) is 10. The van der Waals surface area contributed by atoms with Crippen LogP contribution in [0.15, 0.2) is 34.2 Å². The Labute approximate surface area is 563 Å². The Bertz CT molecular complexity index is 2990. The zero-order valence-corrected chi connectivity index (χ0v) is 61.7. The number of nitrogens with one attached hydrogen (secondary N) is 4. The van der Waals surface area contributed by atoms with Crippen molar-refractivity contribution in [2.75, 3.05) is 57.8 Å². The Kier molecular flexibility index (Phi) is 99.0. The molecule has 91 heavy (non-hydrogen) atoms. The van der Waals surface area contributed by atoms with E-state index < -0.39 is 23.4 Å². The number of nitrogens with two attached hydrogens (primary N) is 1. The lowest BCUT2D eigenvalue weighted by molar-refractivity contribution is -0.127. The zero-order valence-electron chi connectivity index (χ0n) is 56.6. The van der Waals surface area contributed by atoms with Gasteiger partial charge in [0.1, 0.15) is 17.5 Å². The van der Waals surface area contributed by atoms with Crippen LogP contribution in [-0.2, 0) is 35.5 Å². The van der Waals surface area contributed by atoms with E-state index in [2.05, 4.69) is 155 Å². The molecule has 3 heterocycles. The third-order valence-electron chi connectivity index (χ3n) is 8.60. The molecule has 1 aliphatic rings. The van der Waals surface area contributed by atoms with Gasteiger partial charge >= 0.3 is 40.9 Å². The maximum atomic E-state index is 11.7. The number of imide groups is 1. The average molecular weight is 1430 g/mol. The third-order valence-corrected chi connectivity index (χ3v) is 10.4. The summed E-state index contributed by atoms with van der Waals surface area (Å²) < 4.78 is 5.42. The van der Waals surface area contributed by atoms with Crippen LogP contribution in [0.3, 0.4) is 0 Å². The van der Waals surface area contributed by atoms with Gasteiger partial charge in [0, 0.05) is 70.7 Å². The number of urea groups is 3.